The summed E-state index contributed by atoms with van der Waals surface area (Å²) in [6.45, 7) is 3.85. The van der Waals surface area contributed by atoms with Crippen LogP contribution in [-0.2, 0) is 4.65 Å². The van der Waals surface area contributed by atoms with Gasteiger partial charge in [-0.3, -0.25) is 0 Å². The van der Waals surface area contributed by atoms with E-state index in [4.69, 9.17) is 4.65 Å². The van der Waals surface area contributed by atoms with Crippen molar-refractivity contribution in [1.82, 2.24) is 0 Å². The maximum atomic E-state index is 5.96. The minimum Gasteiger partial charge on any atom is -0.436 e. The maximum absolute atomic E-state index is 5.96. The monoisotopic (exact) mass is 194 g/mol. The molecule has 0 radical (unpaired) electrons. The van der Waals surface area contributed by atoms with E-state index in [1.165, 1.54) is 51.2 Å². The fraction of sp³-hybridized carbons (Fsp3) is 1.00. The van der Waals surface area contributed by atoms with Crippen molar-refractivity contribution < 1.29 is 4.65 Å². The van der Waals surface area contributed by atoms with Crippen LogP contribution in [0.2, 0.25) is 12.6 Å². The molecular weight excluding hydrogens is 171 g/mol. The third-order valence-corrected chi connectivity index (χ3v) is 3.94. The minimum atomic E-state index is 0.616. The second-order valence-corrected chi connectivity index (χ2v) is 5.22. The molecule has 2 aliphatic rings. The molecule has 1 saturated heterocycles. The van der Waals surface area contributed by atoms with Crippen molar-refractivity contribution in [3.63, 3.8) is 0 Å². The van der Waals surface area contributed by atoms with Crippen LogP contribution in [0.3, 0.4) is 0 Å². The Kier molecular flexibility index (Phi) is 3.92. The van der Waals surface area contributed by atoms with E-state index < -0.39 is 0 Å². The SMILES string of the molecule is CCCCOB1CC2CCCC(C1)C2. The highest BCUT2D eigenvalue weighted by Gasteiger charge is 2.34. The quantitative estimate of drug-likeness (QED) is 0.490. The minimum absolute atomic E-state index is 0.616. The van der Waals surface area contributed by atoms with Gasteiger partial charge in [0.2, 0.25) is 0 Å². The molecule has 0 aromatic carbocycles. The van der Waals surface area contributed by atoms with Crippen LogP contribution in [0, 0.1) is 11.8 Å². The summed E-state index contributed by atoms with van der Waals surface area (Å²) >= 11 is 0. The Bertz CT molecular complexity index is 160. The summed E-state index contributed by atoms with van der Waals surface area (Å²) in [5.74, 6) is 2.02. The average molecular weight is 194 g/mol. The number of hydrogen-bond acceptors (Lipinski definition) is 1. The van der Waals surface area contributed by atoms with Crippen molar-refractivity contribution in [2.75, 3.05) is 6.61 Å². The Morgan fingerprint density at radius 1 is 1.21 bits per heavy atom. The van der Waals surface area contributed by atoms with Gasteiger partial charge in [0.25, 0.3) is 6.92 Å². The zero-order valence-corrected chi connectivity index (χ0v) is 9.50. The van der Waals surface area contributed by atoms with Gasteiger partial charge in [0, 0.05) is 6.61 Å². The van der Waals surface area contributed by atoms with Gasteiger partial charge in [0.05, 0.1) is 0 Å². The lowest BCUT2D eigenvalue weighted by atomic mass is 9.47. The molecule has 0 aromatic heterocycles. The molecule has 2 heteroatoms. The Morgan fingerprint density at radius 2 is 1.93 bits per heavy atom. The first-order chi connectivity index (χ1) is 6.88. The van der Waals surface area contributed by atoms with Crippen molar-refractivity contribution in [2.45, 2.75) is 58.1 Å². The predicted octanol–water partition coefficient (Wildman–Crippen LogP) is 3.61. The summed E-state index contributed by atoms with van der Waals surface area (Å²) in [6, 6.07) is 0. The molecule has 2 unspecified atom stereocenters. The molecule has 1 nitrogen and oxygen atoms in total. The Hall–Kier alpha value is 0.0249. The van der Waals surface area contributed by atoms with Gasteiger partial charge in [-0.05, 0) is 37.3 Å². The van der Waals surface area contributed by atoms with Crippen molar-refractivity contribution in [1.29, 1.82) is 0 Å². The molecule has 2 atom stereocenters. The summed E-state index contributed by atoms with van der Waals surface area (Å²) in [7, 11) is 0. The molecule has 2 bridgehead atoms. The Morgan fingerprint density at radius 3 is 2.57 bits per heavy atom. The fourth-order valence-corrected chi connectivity index (χ4v) is 3.20. The van der Waals surface area contributed by atoms with Crippen LogP contribution in [-0.4, -0.2) is 13.5 Å². The standard InChI is InChI=1S/C12H23BO/c1-2-3-7-14-13-9-11-5-4-6-12(8-11)10-13/h11-12H,2-10H2,1H3. The first-order valence-electron chi connectivity index (χ1n) is 6.50. The molecule has 1 heterocycles. The molecule has 1 saturated carbocycles. The topological polar surface area (TPSA) is 9.23 Å². The largest absolute Gasteiger partial charge is 0.436 e. The summed E-state index contributed by atoms with van der Waals surface area (Å²) < 4.78 is 5.96. The van der Waals surface area contributed by atoms with E-state index in [1.807, 2.05) is 0 Å². The van der Waals surface area contributed by atoms with Gasteiger partial charge < -0.3 is 4.65 Å². The molecule has 80 valence electrons. The van der Waals surface area contributed by atoms with Crippen LogP contribution in [0.15, 0.2) is 0 Å². The van der Waals surface area contributed by atoms with E-state index >= 15 is 0 Å². The molecule has 2 rings (SSSR count). The van der Waals surface area contributed by atoms with Crippen molar-refractivity contribution in [3.8, 4) is 0 Å². The average Bonchev–Trinajstić information content (AvgIpc) is 2.18. The Balaban J connectivity index is 1.72. The number of fused-ring (bicyclic) bond motifs is 2. The molecule has 2 fully saturated rings. The molecule has 0 aromatic rings. The van der Waals surface area contributed by atoms with Crippen molar-refractivity contribution in [2.24, 2.45) is 11.8 Å². The van der Waals surface area contributed by atoms with Crippen molar-refractivity contribution >= 4 is 6.92 Å². The second-order valence-electron chi connectivity index (χ2n) is 5.22. The van der Waals surface area contributed by atoms with Crippen LogP contribution < -0.4 is 0 Å². The summed E-state index contributed by atoms with van der Waals surface area (Å²) in [4.78, 5) is 0. The highest BCUT2D eigenvalue weighted by Crippen LogP contribution is 2.40. The fourth-order valence-electron chi connectivity index (χ4n) is 3.20. The van der Waals surface area contributed by atoms with Crippen LogP contribution in [0.4, 0.5) is 0 Å². The highest BCUT2D eigenvalue weighted by molar-refractivity contribution is 6.52. The molecule has 1 aliphatic heterocycles. The number of hydrogen-bond donors (Lipinski definition) is 0. The first-order valence-corrected chi connectivity index (χ1v) is 6.50. The lowest BCUT2D eigenvalue weighted by Gasteiger charge is -2.37. The lowest BCUT2D eigenvalue weighted by molar-refractivity contribution is 0.235. The molecule has 0 amide bonds. The molecule has 0 N–H and O–H groups in total. The van der Waals surface area contributed by atoms with Gasteiger partial charge in [-0.2, -0.15) is 0 Å². The van der Waals surface area contributed by atoms with Crippen LogP contribution >= 0.6 is 0 Å². The van der Waals surface area contributed by atoms with Gasteiger partial charge in [0.1, 0.15) is 0 Å². The van der Waals surface area contributed by atoms with Crippen molar-refractivity contribution in [3.05, 3.63) is 0 Å². The van der Waals surface area contributed by atoms with Crippen LogP contribution in [0.25, 0.3) is 0 Å². The third-order valence-electron chi connectivity index (χ3n) is 3.94. The lowest BCUT2D eigenvalue weighted by Crippen LogP contribution is -2.34. The van der Waals surface area contributed by atoms with E-state index in [0.717, 1.165) is 18.4 Å². The molecule has 14 heavy (non-hydrogen) atoms. The zero-order valence-electron chi connectivity index (χ0n) is 9.50. The molecular formula is C12H23BO. The van der Waals surface area contributed by atoms with E-state index in [1.54, 1.807) is 0 Å². The van der Waals surface area contributed by atoms with Gasteiger partial charge in [-0.25, -0.2) is 0 Å². The zero-order chi connectivity index (χ0) is 9.80. The number of unbranched alkanes of at least 4 members (excludes halogenated alkanes) is 1. The third kappa shape index (κ3) is 2.76. The first kappa shape index (κ1) is 10.5. The van der Waals surface area contributed by atoms with Gasteiger partial charge in [0.15, 0.2) is 0 Å². The summed E-state index contributed by atoms with van der Waals surface area (Å²) in [5, 5.41) is 0. The van der Waals surface area contributed by atoms with Gasteiger partial charge in [-0.1, -0.05) is 32.6 Å². The van der Waals surface area contributed by atoms with E-state index in [2.05, 4.69) is 6.92 Å². The summed E-state index contributed by atoms with van der Waals surface area (Å²) in [6.07, 6.45) is 11.2. The maximum Gasteiger partial charge on any atom is 0.293 e. The summed E-state index contributed by atoms with van der Waals surface area (Å²) in [5.41, 5.74) is 0. The van der Waals surface area contributed by atoms with E-state index in [9.17, 15) is 0 Å². The molecule has 0 spiro atoms. The van der Waals surface area contributed by atoms with E-state index in [-0.39, 0.29) is 0 Å². The smallest absolute Gasteiger partial charge is 0.293 e. The number of rotatable bonds is 4. The Labute approximate surface area is 88.7 Å². The van der Waals surface area contributed by atoms with Crippen LogP contribution in [0.1, 0.15) is 45.4 Å². The van der Waals surface area contributed by atoms with Crippen LogP contribution in [0.5, 0.6) is 0 Å². The van der Waals surface area contributed by atoms with Gasteiger partial charge >= 0.3 is 0 Å². The van der Waals surface area contributed by atoms with E-state index in [0.29, 0.717) is 6.92 Å². The predicted molar refractivity (Wildman–Crippen MR) is 61.7 cm³/mol. The normalized spacial score (nSPS) is 31.9. The molecule has 1 aliphatic carbocycles. The van der Waals surface area contributed by atoms with Gasteiger partial charge in [-0.15, -0.1) is 0 Å². The second kappa shape index (κ2) is 5.20. The highest BCUT2D eigenvalue weighted by atomic mass is 16.4.